The third kappa shape index (κ3) is 1.56. The van der Waals surface area contributed by atoms with Gasteiger partial charge in [0.2, 0.25) is 0 Å². The molecule has 0 radical (unpaired) electrons. The maximum Gasteiger partial charge on any atom is 0.0351 e. The van der Waals surface area contributed by atoms with Crippen molar-refractivity contribution in [1.82, 2.24) is 5.32 Å². The first-order valence-corrected chi connectivity index (χ1v) is 5.67. The van der Waals surface area contributed by atoms with Gasteiger partial charge in [-0.1, -0.05) is 12.1 Å². The van der Waals surface area contributed by atoms with Crippen LogP contribution in [0.4, 0.5) is 0 Å². The molecule has 0 saturated heterocycles. The van der Waals surface area contributed by atoms with Crippen LogP contribution in [-0.4, -0.2) is 7.05 Å². The fourth-order valence-electron chi connectivity index (χ4n) is 1.71. The average molecular weight is 205 g/mol. The van der Waals surface area contributed by atoms with Gasteiger partial charge in [0, 0.05) is 16.1 Å². The maximum atomic E-state index is 3.21. The lowest BCUT2D eigenvalue weighted by molar-refractivity contribution is 0.827. The van der Waals surface area contributed by atoms with E-state index < -0.39 is 0 Å². The summed E-state index contributed by atoms with van der Waals surface area (Å²) in [6.07, 6.45) is 0. The Labute approximate surface area is 88.8 Å². The van der Waals surface area contributed by atoms with Crippen molar-refractivity contribution in [2.45, 2.75) is 20.4 Å². The molecule has 74 valence electrons. The minimum Gasteiger partial charge on any atom is -0.315 e. The molecule has 0 amide bonds. The fraction of sp³-hybridized carbons (Fsp3) is 0.333. The monoisotopic (exact) mass is 205 g/mol. The van der Waals surface area contributed by atoms with E-state index in [9.17, 15) is 0 Å². The summed E-state index contributed by atoms with van der Waals surface area (Å²) in [5, 5.41) is 4.62. The lowest BCUT2D eigenvalue weighted by Gasteiger charge is -1.96. The van der Waals surface area contributed by atoms with Crippen LogP contribution in [0.5, 0.6) is 0 Å². The molecule has 2 rings (SSSR count). The van der Waals surface area contributed by atoms with Crippen LogP contribution in [0.1, 0.15) is 16.0 Å². The topological polar surface area (TPSA) is 12.0 Å². The SMILES string of the molecule is CNCc1sc2cc(C)ccc2c1C. The van der Waals surface area contributed by atoms with E-state index in [0.29, 0.717) is 0 Å². The molecule has 14 heavy (non-hydrogen) atoms. The fourth-order valence-corrected chi connectivity index (χ4v) is 3.03. The molecule has 0 fully saturated rings. The summed E-state index contributed by atoms with van der Waals surface area (Å²) in [4.78, 5) is 1.45. The van der Waals surface area contributed by atoms with Gasteiger partial charge in [-0.05, 0) is 43.5 Å². The Morgan fingerprint density at radius 3 is 2.79 bits per heavy atom. The van der Waals surface area contributed by atoms with Gasteiger partial charge in [0.05, 0.1) is 0 Å². The van der Waals surface area contributed by atoms with E-state index in [1.807, 2.05) is 18.4 Å². The molecule has 0 spiro atoms. The molecule has 1 heterocycles. The van der Waals surface area contributed by atoms with Crippen LogP contribution in [0.3, 0.4) is 0 Å². The van der Waals surface area contributed by atoms with Gasteiger partial charge < -0.3 is 5.32 Å². The molecule has 2 heteroatoms. The van der Waals surface area contributed by atoms with Gasteiger partial charge in [-0.2, -0.15) is 0 Å². The van der Waals surface area contributed by atoms with Crippen LogP contribution in [-0.2, 0) is 6.54 Å². The van der Waals surface area contributed by atoms with E-state index in [-0.39, 0.29) is 0 Å². The molecule has 0 bridgehead atoms. The summed E-state index contributed by atoms with van der Waals surface area (Å²) < 4.78 is 1.41. The molecule has 1 N–H and O–H groups in total. The minimum atomic E-state index is 0.976. The quantitative estimate of drug-likeness (QED) is 0.793. The maximum absolute atomic E-state index is 3.21. The van der Waals surface area contributed by atoms with E-state index in [1.165, 1.54) is 26.1 Å². The Bertz CT molecular complexity index is 457. The molecule has 0 unspecified atom stereocenters. The average Bonchev–Trinajstić information content (AvgIpc) is 2.44. The molecular formula is C12H15NS. The van der Waals surface area contributed by atoms with Gasteiger partial charge in [0.25, 0.3) is 0 Å². The molecular weight excluding hydrogens is 190 g/mol. The standard InChI is InChI=1S/C12H15NS/c1-8-4-5-10-9(2)12(7-13-3)14-11(10)6-8/h4-6,13H,7H2,1-3H3. The van der Waals surface area contributed by atoms with Crippen LogP contribution in [0.2, 0.25) is 0 Å². The first-order chi connectivity index (χ1) is 6.72. The second-order valence-electron chi connectivity index (χ2n) is 3.68. The summed E-state index contributed by atoms with van der Waals surface area (Å²) in [6, 6.07) is 6.69. The minimum absolute atomic E-state index is 0.976. The molecule has 1 nitrogen and oxygen atoms in total. The largest absolute Gasteiger partial charge is 0.315 e. The number of nitrogens with one attached hydrogen (secondary N) is 1. The van der Waals surface area contributed by atoms with Crippen molar-refractivity contribution in [2.24, 2.45) is 0 Å². The summed E-state index contributed by atoms with van der Waals surface area (Å²) in [5.41, 5.74) is 2.77. The van der Waals surface area contributed by atoms with Gasteiger partial charge in [0.1, 0.15) is 0 Å². The molecule has 1 aromatic carbocycles. The van der Waals surface area contributed by atoms with Gasteiger partial charge in [-0.25, -0.2) is 0 Å². The van der Waals surface area contributed by atoms with E-state index in [0.717, 1.165) is 6.54 Å². The van der Waals surface area contributed by atoms with E-state index in [1.54, 1.807) is 0 Å². The predicted octanol–water partition coefficient (Wildman–Crippen LogP) is 3.24. The number of rotatable bonds is 2. The third-order valence-electron chi connectivity index (χ3n) is 2.53. The predicted molar refractivity (Wildman–Crippen MR) is 64.1 cm³/mol. The smallest absolute Gasteiger partial charge is 0.0351 e. The zero-order valence-electron chi connectivity index (χ0n) is 8.85. The summed E-state index contributed by atoms with van der Waals surface area (Å²) in [6.45, 7) is 5.33. The first-order valence-electron chi connectivity index (χ1n) is 4.85. The van der Waals surface area contributed by atoms with E-state index >= 15 is 0 Å². The highest BCUT2D eigenvalue weighted by Crippen LogP contribution is 2.31. The Morgan fingerprint density at radius 1 is 1.29 bits per heavy atom. The van der Waals surface area contributed by atoms with Gasteiger partial charge in [-0.15, -0.1) is 11.3 Å². The normalized spacial score (nSPS) is 11.1. The van der Waals surface area contributed by atoms with Gasteiger partial charge >= 0.3 is 0 Å². The van der Waals surface area contributed by atoms with E-state index in [4.69, 9.17) is 0 Å². The van der Waals surface area contributed by atoms with Crippen molar-refractivity contribution in [2.75, 3.05) is 7.05 Å². The van der Waals surface area contributed by atoms with Gasteiger partial charge in [0.15, 0.2) is 0 Å². The Morgan fingerprint density at radius 2 is 2.07 bits per heavy atom. The molecule has 0 atom stereocenters. The summed E-state index contributed by atoms with van der Waals surface area (Å²) in [7, 11) is 2.00. The highest BCUT2D eigenvalue weighted by molar-refractivity contribution is 7.19. The number of benzene rings is 1. The second-order valence-corrected chi connectivity index (χ2v) is 4.82. The number of thiophene rings is 1. The van der Waals surface area contributed by atoms with Crippen molar-refractivity contribution < 1.29 is 0 Å². The van der Waals surface area contributed by atoms with Crippen molar-refractivity contribution in [3.8, 4) is 0 Å². The lowest BCUT2D eigenvalue weighted by Crippen LogP contribution is -2.03. The summed E-state index contributed by atoms with van der Waals surface area (Å²) in [5.74, 6) is 0. The van der Waals surface area contributed by atoms with Crippen LogP contribution >= 0.6 is 11.3 Å². The molecule has 2 aromatic rings. The number of hydrogen-bond donors (Lipinski definition) is 1. The highest BCUT2D eigenvalue weighted by atomic mass is 32.1. The Hall–Kier alpha value is -0.860. The molecule has 0 aliphatic rings. The highest BCUT2D eigenvalue weighted by Gasteiger charge is 2.06. The molecule has 0 aliphatic carbocycles. The van der Waals surface area contributed by atoms with Crippen LogP contribution in [0, 0.1) is 13.8 Å². The van der Waals surface area contributed by atoms with E-state index in [2.05, 4.69) is 37.4 Å². The number of aryl methyl sites for hydroxylation is 2. The van der Waals surface area contributed by atoms with Crippen molar-refractivity contribution in [1.29, 1.82) is 0 Å². The molecule has 0 saturated carbocycles. The third-order valence-corrected chi connectivity index (χ3v) is 3.78. The lowest BCUT2D eigenvalue weighted by atomic mass is 10.1. The van der Waals surface area contributed by atoms with Crippen molar-refractivity contribution in [3.63, 3.8) is 0 Å². The van der Waals surface area contributed by atoms with Crippen molar-refractivity contribution >= 4 is 21.4 Å². The second kappa shape index (κ2) is 3.71. The van der Waals surface area contributed by atoms with Crippen LogP contribution < -0.4 is 5.32 Å². The Kier molecular flexibility index (Phi) is 2.57. The van der Waals surface area contributed by atoms with Crippen LogP contribution in [0.15, 0.2) is 18.2 Å². The van der Waals surface area contributed by atoms with Gasteiger partial charge in [-0.3, -0.25) is 0 Å². The zero-order chi connectivity index (χ0) is 10.1. The molecule has 0 aliphatic heterocycles. The first kappa shape index (κ1) is 9.69. The number of hydrogen-bond acceptors (Lipinski definition) is 2. The summed E-state index contributed by atoms with van der Waals surface area (Å²) >= 11 is 1.90. The Balaban J connectivity index is 2.61. The molecule has 1 aromatic heterocycles. The van der Waals surface area contributed by atoms with Crippen molar-refractivity contribution in [3.05, 3.63) is 34.2 Å². The zero-order valence-corrected chi connectivity index (χ0v) is 9.66. The van der Waals surface area contributed by atoms with Crippen LogP contribution in [0.25, 0.3) is 10.1 Å². The number of fused-ring (bicyclic) bond motifs is 1.